The van der Waals surface area contributed by atoms with Gasteiger partial charge in [-0.25, -0.2) is 9.97 Å². The summed E-state index contributed by atoms with van der Waals surface area (Å²) in [6, 6.07) is 9.22. The third-order valence-electron chi connectivity index (χ3n) is 5.46. The van der Waals surface area contributed by atoms with E-state index in [-0.39, 0.29) is 23.3 Å². The number of thioether (sulfide) groups is 1. The zero-order chi connectivity index (χ0) is 22.9. The van der Waals surface area contributed by atoms with Gasteiger partial charge in [-0.15, -0.1) is 11.3 Å². The van der Waals surface area contributed by atoms with Crippen molar-refractivity contribution in [1.82, 2.24) is 14.5 Å². The lowest BCUT2D eigenvalue weighted by Gasteiger charge is -2.15. The standard InChI is InChI=1S/C23H21ClN4O3S2/c1-13-6-7-17(16(24)10-13)26-18(29)12-32-23-27-19-15-5-2-8-25-21(15)33-20(19)22(30)28(23)11-14-4-3-9-31-14/h2,5-8,10,14H,3-4,9,11-12H2,1H3,(H,26,29)/t14-/m0/s1. The number of nitrogens with zero attached hydrogens (tertiary/aromatic N) is 3. The van der Waals surface area contributed by atoms with Crippen LogP contribution in [-0.4, -0.2) is 38.9 Å². The second kappa shape index (κ2) is 9.42. The van der Waals surface area contributed by atoms with Crippen molar-refractivity contribution in [3.05, 3.63) is 57.5 Å². The van der Waals surface area contributed by atoms with Gasteiger partial charge in [0.2, 0.25) is 5.91 Å². The highest BCUT2D eigenvalue weighted by atomic mass is 35.5. The number of thiophene rings is 1. The number of benzene rings is 1. The number of hydrogen-bond donors (Lipinski definition) is 1. The van der Waals surface area contributed by atoms with Crippen LogP contribution in [0.2, 0.25) is 5.02 Å². The molecule has 3 aromatic heterocycles. The predicted octanol–water partition coefficient (Wildman–Crippen LogP) is 4.88. The van der Waals surface area contributed by atoms with E-state index in [1.54, 1.807) is 22.9 Å². The molecule has 10 heteroatoms. The summed E-state index contributed by atoms with van der Waals surface area (Å²) in [6.07, 6.45) is 3.55. The first-order valence-electron chi connectivity index (χ1n) is 10.6. The number of carbonyl (C=O) groups is 1. The Morgan fingerprint density at radius 1 is 1.39 bits per heavy atom. The molecule has 0 bridgehead atoms. The van der Waals surface area contributed by atoms with Crippen LogP contribution in [0.25, 0.3) is 20.4 Å². The minimum absolute atomic E-state index is 0.0333. The monoisotopic (exact) mass is 500 g/mol. The first-order chi connectivity index (χ1) is 16.0. The molecule has 0 unspecified atom stereocenters. The van der Waals surface area contributed by atoms with Crippen LogP contribution in [0.15, 0.2) is 46.5 Å². The van der Waals surface area contributed by atoms with Crippen molar-refractivity contribution >= 4 is 66.7 Å². The smallest absolute Gasteiger partial charge is 0.272 e. The average Bonchev–Trinajstić information content (AvgIpc) is 3.44. The third-order valence-corrected chi connectivity index (χ3v) is 7.84. The molecular weight excluding hydrogens is 480 g/mol. The highest BCUT2D eigenvalue weighted by molar-refractivity contribution is 7.99. The number of aromatic nitrogens is 3. The SMILES string of the molecule is Cc1ccc(NC(=O)CSc2nc3c(sc4ncccc43)c(=O)n2C[C@@H]2CCCO2)c(Cl)c1. The summed E-state index contributed by atoms with van der Waals surface area (Å²) >= 11 is 8.82. The molecule has 7 nitrogen and oxygen atoms in total. The van der Waals surface area contributed by atoms with Gasteiger partial charge in [0.05, 0.1) is 34.6 Å². The molecule has 0 spiro atoms. The Morgan fingerprint density at radius 2 is 2.27 bits per heavy atom. The molecule has 1 aromatic carbocycles. The maximum absolute atomic E-state index is 13.4. The van der Waals surface area contributed by atoms with E-state index in [2.05, 4.69) is 10.3 Å². The van der Waals surface area contributed by atoms with Gasteiger partial charge >= 0.3 is 0 Å². The fourth-order valence-electron chi connectivity index (χ4n) is 3.84. The zero-order valence-electron chi connectivity index (χ0n) is 17.8. The number of ether oxygens (including phenoxy) is 1. The molecule has 0 aliphatic carbocycles. The number of hydrogen-bond acceptors (Lipinski definition) is 7. The molecule has 0 saturated carbocycles. The molecule has 1 amide bonds. The number of nitrogens with one attached hydrogen (secondary N) is 1. The van der Waals surface area contributed by atoms with Crippen molar-refractivity contribution in [2.75, 3.05) is 17.7 Å². The van der Waals surface area contributed by atoms with Gasteiger partial charge in [-0.05, 0) is 49.6 Å². The van der Waals surface area contributed by atoms with Crippen LogP contribution in [0.4, 0.5) is 5.69 Å². The van der Waals surface area contributed by atoms with E-state index in [0.29, 0.717) is 39.2 Å². The minimum Gasteiger partial charge on any atom is -0.376 e. The molecule has 4 heterocycles. The van der Waals surface area contributed by atoms with Crippen LogP contribution in [0, 0.1) is 6.92 Å². The van der Waals surface area contributed by atoms with Gasteiger partial charge in [-0.3, -0.25) is 14.2 Å². The topological polar surface area (TPSA) is 86.1 Å². The van der Waals surface area contributed by atoms with Gasteiger partial charge in [-0.2, -0.15) is 0 Å². The first-order valence-corrected chi connectivity index (χ1v) is 12.8. The fourth-order valence-corrected chi connectivity index (χ4v) is 5.96. The van der Waals surface area contributed by atoms with E-state index in [1.807, 2.05) is 25.1 Å². The molecule has 33 heavy (non-hydrogen) atoms. The quantitative estimate of drug-likeness (QED) is 0.300. The number of fused-ring (bicyclic) bond motifs is 3. The highest BCUT2D eigenvalue weighted by Gasteiger charge is 2.22. The number of anilines is 1. The van der Waals surface area contributed by atoms with E-state index >= 15 is 0 Å². The van der Waals surface area contributed by atoms with Gasteiger partial charge in [0.15, 0.2) is 5.16 Å². The Labute approximate surface area is 203 Å². The number of halogens is 1. The summed E-state index contributed by atoms with van der Waals surface area (Å²) in [7, 11) is 0. The second-order valence-corrected chi connectivity index (χ2v) is 10.2. The maximum Gasteiger partial charge on any atom is 0.272 e. The van der Waals surface area contributed by atoms with E-state index in [4.69, 9.17) is 21.3 Å². The van der Waals surface area contributed by atoms with E-state index in [0.717, 1.165) is 28.6 Å². The van der Waals surface area contributed by atoms with Crippen molar-refractivity contribution in [3.63, 3.8) is 0 Å². The zero-order valence-corrected chi connectivity index (χ0v) is 20.2. The normalized spacial score (nSPS) is 16.0. The van der Waals surface area contributed by atoms with Crippen molar-refractivity contribution in [1.29, 1.82) is 0 Å². The first kappa shape index (κ1) is 22.3. The average molecular weight is 501 g/mol. The van der Waals surface area contributed by atoms with Gasteiger partial charge < -0.3 is 10.1 Å². The predicted molar refractivity (Wildman–Crippen MR) is 134 cm³/mol. The Hall–Kier alpha value is -2.46. The molecule has 1 saturated heterocycles. The minimum atomic E-state index is -0.222. The Kier molecular flexibility index (Phi) is 6.38. The van der Waals surface area contributed by atoms with Gasteiger partial charge in [0.25, 0.3) is 5.56 Å². The van der Waals surface area contributed by atoms with E-state index in [9.17, 15) is 9.59 Å². The molecule has 170 valence electrons. The van der Waals surface area contributed by atoms with E-state index in [1.165, 1.54) is 23.1 Å². The lowest BCUT2D eigenvalue weighted by Crippen LogP contribution is -2.28. The molecule has 1 atom stereocenters. The summed E-state index contributed by atoms with van der Waals surface area (Å²) in [6.45, 7) is 3.05. The van der Waals surface area contributed by atoms with Crippen LogP contribution in [-0.2, 0) is 16.1 Å². The Morgan fingerprint density at radius 3 is 3.06 bits per heavy atom. The second-order valence-electron chi connectivity index (χ2n) is 7.90. The molecule has 0 radical (unpaired) electrons. The number of aryl methyl sites for hydroxylation is 1. The molecule has 4 aromatic rings. The van der Waals surface area contributed by atoms with Gasteiger partial charge in [0.1, 0.15) is 9.53 Å². The number of carbonyl (C=O) groups excluding carboxylic acids is 1. The molecule has 1 aliphatic rings. The molecule has 1 N–H and O–H groups in total. The molecular formula is C23H21ClN4O3S2. The molecule has 1 aliphatic heterocycles. The number of rotatable bonds is 6. The summed E-state index contributed by atoms with van der Waals surface area (Å²) < 4.78 is 7.98. The lowest BCUT2D eigenvalue weighted by molar-refractivity contribution is -0.113. The van der Waals surface area contributed by atoms with Crippen molar-refractivity contribution in [2.45, 2.75) is 37.6 Å². The Bertz CT molecular complexity index is 1410. The van der Waals surface area contributed by atoms with Crippen LogP contribution < -0.4 is 10.9 Å². The van der Waals surface area contributed by atoms with Crippen molar-refractivity contribution in [2.24, 2.45) is 0 Å². The number of amides is 1. The van der Waals surface area contributed by atoms with E-state index < -0.39 is 0 Å². The summed E-state index contributed by atoms with van der Waals surface area (Å²) in [5.74, 6) is -0.130. The van der Waals surface area contributed by atoms with Crippen LogP contribution >= 0.6 is 34.7 Å². The lowest BCUT2D eigenvalue weighted by atomic mass is 10.2. The molecule has 5 rings (SSSR count). The summed E-state index contributed by atoms with van der Waals surface area (Å²) in [5.41, 5.74) is 2.08. The summed E-state index contributed by atoms with van der Waals surface area (Å²) in [4.78, 5) is 36.1. The van der Waals surface area contributed by atoms with Crippen LogP contribution in [0.5, 0.6) is 0 Å². The van der Waals surface area contributed by atoms with Crippen LogP contribution in [0.1, 0.15) is 18.4 Å². The van der Waals surface area contributed by atoms with Crippen LogP contribution in [0.3, 0.4) is 0 Å². The summed E-state index contributed by atoms with van der Waals surface area (Å²) in [5, 5.41) is 4.66. The maximum atomic E-state index is 13.4. The molecule has 1 fully saturated rings. The Balaban J connectivity index is 1.46. The number of pyridine rings is 1. The largest absolute Gasteiger partial charge is 0.376 e. The highest BCUT2D eigenvalue weighted by Crippen LogP contribution is 2.31. The third kappa shape index (κ3) is 4.63. The fraction of sp³-hybridized carbons (Fsp3) is 0.304. The van der Waals surface area contributed by atoms with Gasteiger partial charge in [0, 0.05) is 18.2 Å². The van der Waals surface area contributed by atoms with Crippen molar-refractivity contribution < 1.29 is 9.53 Å². The van der Waals surface area contributed by atoms with Crippen molar-refractivity contribution in [3.8, 4) is 0 Å². The van der Waals surface area contributed by atoms with Gasteiger partial charge in [-0.1, -0.05) is 29.4 Å².